The zero-order chi connectivity index (χ0) is 4.99. The first-order chi connectivity index (χ1) is 2.77. The Hall–Kier alpha value is 0.530. The highest BCUT2D eigenvalue weighted by atomic mass is 127. The van der Waals surface area contributed by atoms with Gasteiger partial charge < -0.3 is 34.4 Å². The third-order valence-corrected chi connectivity index (χ3v) is 0.214. The molecule has 0 saturated carbocycles. The molecule has 0 amide bonds. The second-order valence-electron chi connectivity index (χ2n) is 0.706. The van der Waals surface area contributed by atoms with Crippen LogP contribution in [0.4, 0.5) is 0 Å². The van der Waals surface area contributed by atoms with E-state index in [0.29, 0.717) is 0 Å². The summed E-state index contributed by atoms with van der Waals surface area (Å²) >= 11 is 0. The van der Waals surface area contributed by atoms with Gasteiger partial charge in [-0.15, -0.1) is 0 Å². The van der Waals surface area contributed by atoms with Gasteiger partial charge in [0.1, 0.15) is 7.05 Å². The first kappa shape index (κ1) is 10.5. The van der Waals surface area contributed by atoms with E-state index in [1.807, 2.05) is 0 Å². The summed E-state index contributed by atoms with van der Waals surface area (Å²) in [6.45, 7) is 0. The molecule has 0 rings (SSSR count). The maximum absolute atomic E-state index is 9.59. The van der Waals surface area contributed by atoms with E-state index in [4.69, 9.17) is 0 Å². The maximum Gasteiger partial charge on any atom is 0.102 e. The molecule has 0 bridgehead atoms. The van der Waals surface area contributed by atoms with E-state index in [2.05, 4.69) is 4.94 Å². The molecule has 6 heteroatoms. The lowest BCUT2D eigenvalue weighted by atomic mass is 11.5. The van der Waals surface area contributed by atoms with Crippen molar-refractivity contribution < 1.29 is 39.8 Å². The van der Waals surface area contributed by atoms with Gasteiger partial charge in [0.2, 0.25) is 0 Å². The van der Waals surface area contributed by atoms with E-state index in [-0.39, 0.29) is 29.6 Å². The molecule has 3 N–H and O–H groups in total. The maximum atomic E-state index is 9.59. The van der Waals surface area contributed by atoms with Gasteiger partial charge in [-0.2, -0.15) is 10.9 Å². The predicted molar refractivity (Wildman–Crippen MR) is 16.6 cm³/mol. The molecule has 0 aliphatic rings. The van der Waals surface area contributed by atoms with Crippen LogP contribution in [-0.2, 0) is 4.94 Å². The number of quaternary nitrogens is 2. The fourth-order valence-corrected chi connectivity index (χ4v) is 0.0678. The van der Waals surface area contributed by atoms with Crippen molar-refractivity contribution >= 4 is 0 Å². The summed E-state index contributed by atoms with van der Waals surface area (Å²) in [5.41, 5.74) is 0.0995. The summed E-state index contributed by atoms with van der Waals surface area (Å²) in [4.78, 5) is 3.72. The molecule has 7 heavy (non-hydrogen) atoms. The largest absolute Gasteiger partial charge is 1.00 e. The van der Waals surface area contributed by atoms with Crippen LogP contribution in [0.5, 0.6) is 0 Å². The van der Waals surface area contributed by atoms with Crippen molar-refractivity contribution in [3.8, 4) is 0 Å². The van der Waals surface area contributed by atoms with Crippen LogP contribution in [0.3, 0.4) is 0 Å². The summed E-state index contributed by atoms with van der Waals surface area (Å²) in [6.07, 6.45) is 0. The van der Waals surface area contributed by atoms with Crippen molar-refractivity contribution in [3.05, 3.63) is 10.4 Å². The third kappa shape index (κ3) is 10.8. The Morgan fingerprint density at radius 3 is 2.14 bits per heavy atom. The van der Waals surface area contributed by atoms with Crippen LogP contribution < -0.4 is 34.8 Å². The second kappa shape index (κ2) is 6.53. The Labute approximate surface area is 57.7 Å². The van der Waals surface area contributed by atoms with Crippen molar-refractivity contribution in [2.45, 2.75) is 0 Å². The van der Waals surface area contributed by atoms with Gasteiger partial charge in [-0.1, -0.05) is 0 Å². The van der Waals surface area contributed by atoms with Crippen LogP contribution in [0.15, 0.2) is 0 Å². The van der Waals surface area contributed by atoms with E-state index in [0.717, 1.165) is 7.05 Å². The van der Waals surface area contributed by atoms with Crippen LogP contribution in [0.2, 0.25) is 0 Å². The number of nitrogens with one attached hydrogen (secondary N) is 1. The molecule has 1 atom stereocenters. The normalized spacial score (nSPS) is 12.4. The van der Waals surface area contributed by atoms with Gasteiger partial charge >= 0.3 is 0 Å². The molecule has 46 valence electrons. The molecule has 0 aromatic carbocycles. The van der Waals surface area contributed by atoms with Gasteiger partial charge in [-0.25, -0.2) is 0 Å². The Morgan fingerprint density at radius 2 is 2.14 bits per heavy atom. The number of halogens is 1. The topological polar surface area (TPSA) is 76.4 Å². The van der Waals surface area contributed by atoms with Gasteiger partial charge in [0.15, 0.2) is 0 Å². The van der Waals surface area contributed by atoms with E-state index in [1.165, 1.54) is 0 Å². The summed E-state index contributed by atoms with van der Waals surface area (Å²) in [6, 6.07) is 0. The first-order valence-electron chi connectivity index (χ1n) is 1.38. The zero-order valence-electron chi connectivity index (χ0n) is 3.68. The molecule has 0 aromatic rings. The monoisotopic (exact) mass is 221 g/mol. The standard InChI is InChI=1S/CH6N2O3.HI/c1-3(5)6-2-4;/h3H,2H2,1H3;1H/p-1. The van der Waals surface area contributed by atoms with Gasteiger partial charge in [0.05, 0.1) is 0 Å². The van der Waals surface area contributed by atoms with E-state index in [1.54, 1.807) is 0 Å². The van der Waals surface area contributed by atoms with Crippen LogP contribution in [0, 0.1) is 10.4 Å². The Morgan fingerprint density at radius 1 is 1.71 bits per heavy atom. The highest BCUT2D eigenvalue weighted by Gasteiger charge is 1.76. The Kier molecular flexibility index (Phi) is 9.79. The molecule has 0 aliphatic carbocycles. The van der Waals surface area contributed by atoms with Crippen LogP contribution in [0.1, 0.15) is 0 Å². The molecule has 0 heterocycles. The molecular weight excluding hydrogens is 215 g/mol. The van der Waals surface area contributed by atoms with E-state index in [9.17, 15) is 10.4 Å². The van der Waals surface area contributed by atoms with Gasteiger partial charge in [-0.3, -0.25) is 0 Å². The lowest BCUT2D eigenvalue weighted by Crippen LogP contribution is -3.13. The van der Waals surface area contributed by atoms with E-state index >= 15 is 0 Å². The summed E-state index contributed by atoms with van der Waals surface area (Å²) < 4.78 is 0. The lowest BCUT2D eigenvalue weighted by molar-refractivity contribution is -1.23. The minimum absolute atomic E-state index is 0. The number of hydrogen-bond acceptors (Lipinski definition) is 3. The fraction of sp³-hybridized carbons (Fsp3) is 1.00. The van der Waals surface area contributed by atoms with Gasteiger partial charge in [0, 0.05) is 0 Å². The molecule has 0 spiro atoms. The second-order valence-corrected chi connectivity index (χ2v) is 0.706. The quantitative estimate of drug-likeness (QED) is 0.360. The predicted octanol–water partition coefficient (Wildman–Crippen LogP) is -6.09. The Bertz CT molecular complexity index is 34.1. The van der Waals surface area contributed by atoms with Crippen molar-refractivity contribution in [1.82, 2.24) is 0 Å². The summed E-state index contributed by atoms with van der Waals surface area (Å²) in [5.74, 6) is 0. The smallest absolute Gasteiger partial charge is 0.102 e. The van der Waals surface area contributed by atoms with Crippen LogP contribution >= 0.6 is 0 Å². The minimum Gasteiger partial charge on any atom is -1.00 e. The van der Waals surface area contributed by atoms with Crippen molar-refractivity contribution in [2.24, 2.45) is 0 Å². The fourth-order valence-electron chi connectivity index (χ4n) is 0.0678. The van der Waals surface area contributed by atoms with Gasteiger partial charge in [-0.05, 0) is 4.94 Å². The molecule has 0 aliphatic heterocycles. The highest BCUT2D eigenvalue weighted by molar-refractivity contribution is 3.80. The number of rotatable bonds is 2. The lowest BCUT2D eigenvalue weighted by Gasteiger charge is -2.09. The average molecular weight is 221 g/mol. The van der Waals surface area contributed by atoms with Gasteiger partial charge in [0.25, 0.3) is 0 Å². The van der Waals surface area contributed by atoms with Crippen LogP contribution in [0.25, 0.3) is 0 Å². The molecule has 0 saturated heterocycles. The highest BCUT2D eigenvalue weighted by Crippen LogP contribution is 1.12. The van der Waals surface area contributed by atoms with Crippen molar-refractivity contribution in [3.63, 3.8) is 0 Å². The molecule has 1 unspecified atom stereocenters. The number of nitrogens with two attached hydrogens (primary N) is 1. The molecule has 0 aromatic heterocycles. The van der Waals surface area contributed by atoms with Crippen LogP contribution in [-0.4, -0.2) is 7.05 Å². The molecular formula is CH6IN2O3-. The molecule has 5 nitrogen and oxygen atoms in total. The SMILES string of the molecule is C[NH+]([O-])O[NH2+][O-].[I-]. The van der Waals surface area contributed by atoms with E-state index < -0.39 is 5.23 Å². The average Bonchev–Trinajstić information content (AvgIpc) is 1.35. The zero-order valence-corrected chi connectivity index (χ0v) is 5.84. The summed E-state index contributed by atoms with van der Waals surface area (Å²) in [7, 11) is 1.16. The van der Waals surface area contributed by atoms with Crippen molar-refractivity contribution in [1.29, 1.82) is 0 Å². The summed E-state index contributed by atoms with van der Waals surface area (Å²) in [5, 5.41) is 18.2. The van der Waals surface area contributed by atoms with Crippen molar-refractivity contribution in [2.75, 3.05) is 7.05 Å². The number of hydroxylamine groups is 2. The third-order valence-electron chi connectivity index (χ3n) is 0.214. The first-order valence-corrected chi connectivity index (χ1v) is 1.38. The molecule has 0 fully saturated rings. The minimum atomic E-state index is -0.579. The number of hydrogen-bond donors (Lipinski definition) is 2. The Balaban J connectivity index is 0. The molecule has 0 radical (unpaired) electrons.